The number of fused-ring (bicyclic) bond motifs is 1. The van der Waals surface area contributed by atoms with Gasteiger partial charge in [-0.2, -0.15) is 5.10 Å². The minimum absolute atomic E-state index is 0.0138. The van der Waals surface area contributed by atoms with Crippen molar-refractivity contribution in [3.05, 3.63) is 80.5 Å². The number of halogens is 1. The third-order valence-electron chi connectivity index (χ3n) is 5.74. The number of rotatable bonds is 4. The van der Waals surface area contributed by atoms with Crippen molar-refractivity contribution in [2.24, 2.45) is 0 Å². The zero-order chi connectivity index (χ0) is 24.2. The van der Waals surface area contributed by atoms with Gasteiger partial charge in [-0.1, -0.05) is 20.8 Å². The van der Waals surface area contributed by atoms with Gasteiger partial charge >= 0.3 is 5.69 Å². The molecule has 10 heteroatoms. The van der Waals surface area contributed by atoms with Gasteiger partial charge < -0.3 is 5.32 Å². The molecule has 4 aromatic rings. The zero-order valence-electron chi connectivity index (χ0n) is 18.9. The van der Waals surface area contributed by atoms with Crippen molar-refractivity contribution in [2.75, 3.05) is 5.32 Å². The van der Waals surface area contributed by atoms with Crippen LogP contribution in [0.2, 0.25) is 0 Å². The largest absolute Gasteiger partial charge is 0.330 e. The van der Waals surface area contributed by atoms with Crippen LogP contribution < -0.4 is 16.6 Å². The number of hydrogen-bond donors (Lipinski definition) is 2. The first-order valence-corrected chi connectivity index (χ1v) is 10.9. The van der Waals surface area contributed by atoms with E-state index in [-0.39, 0.29) is 33.9 Å². The highest BCUT2D eigenvalue weighted by molar-refractivity contribution is 6.05. The maximum Gasteiger partial charge on any atom is 0.330 e. The number of nitrogens with one attached hydrogen (secondary N) is 2. The standard InChI is InChI=1S/C24H23FN6O3/c1-24(2,3)18-11-19(31(29-18)16-6-4-14(25)5-7-16)27-21(32)13-10-17-20(26-12-13)30(15-8-9-15)23(34)28-22(17)33/h4-7,10-12,15H,8-9H2,1-3H3,(H,27,32)(H,28,33,34). The molecule has 1 saturated carbocycles. The predicted octanol–water partition coefficient (Wildman–Crippen LogP) is 3.29. The molecule has 5 rings (SSSR count). The van der Waals surface area contributed by atoms with Crippen LogP contribution in [0.1, 0.15) is 55.7 Å². The van der Waals surface area contributed by atoms with Crippen molar-refractivity contribution in [3.8, 4) is 5.69 Å². The van der Waals surface area contributed by atoms with Gasteiger partial charge in [0.25, 0.3) is 11.5 Å². The van der Waals surface area contributed by atoms with Crippen LogP contribution in [0.3, 0.4) is 0 Å². The van der Waals surface area contributed by atoms with E-state index < -0.39 is 17.2 Å². The SMILES string of the molecule is CC(C)(C)c1cc(NC(=O)c2cnc3c(c2)c(=O)[nH]c(=O)n3C2CC2)n(-c2ccc(F)cc2)n1. The second-order valence-corrected chi connectivity index (χ2v) is 9.46. The van der Waals surface area contributed by atoms with Crippen LogP contribution in [-0.2, 0) is 5.41 Å². The monoisotopic (exact) mass is 462 g/mol. The molecule has 0 radical (unpaired) electrons. The molecule has 0 saturated heterocycles. The van der Waals surface area contributed by atoms with Crippen LogP contribution in [0.4, 0.5) is 10.2 Å². The summed E-state index contributed by atoms with van der Waals surface area (Å²) in [6.45, 7) is 5.98. The molecule has 1 amide bonds. The summed E-state index contributed by atoms with van der Waals surface area (Å²) in [6.07, 6.45) is 3.03. The molecule has 1 aliphatic carbocycles. The highest BCUT2D eigenvalue weighted by Gasteiger charge is 2.28. The number of benzene rings is 1. The number of H-pyrrole nitrogens is 1. The van der Waals surface area contributed by atoms with E-state index >= 15 is 0 Å². The molecule has 0 unspecified atom stereocenters. The summed E-state index contributed by atoms with van der Waals surface area (Å²) in [5, 5.41) is 7.60. The molecule has 2 N–H and O–H groups in total. The van der Waals surface area contributed by atoms with Gasteiger partial charge in [0.2, 0.25) is 0 Å². The van der Waals surface area contributed by atoms with Crippen molar-refractivity contribution in [3.63, 3.8) is 0 Å². The van der Waals surface area contributed by atoms with Crippen molar-refractivity contribution in [1.82, 2.24) is 24.3 Å². The fraction of sp³-hybridized carbons (Fsp3) is 0.292. The van der Waals surface area contributed by atoms with E-state index in [0.717, 1.165) is 18.5 Å². The Morgan fingerprint density at radius 1 is 1.15 bits per heavy atom. The third-order valence-corrected chi connectivity index (χ3v) is 5.74. The summed E-state index contributed by atoms with van der Waals surface area (Å²) in [7, 11) is 0. The maximum absolute atomic E-state index is 13.4. The Morgan fingerprint density at radius 3 is 2.50 bits per heavy atom. The van der Waals surface area contributed by atoms with Gasteiger partial charge in [-0.25, -0.2) is 18.9 Å². The number of carbonyl (C=O) groups excluding carboxylic acids is 1. The molecule has 0 bridgehead atoms. The summed E-state index contributed by atoms with van der Waals surface area (Å²) in [5.74, 6) is -0.491. The highest BCUT2D eigenvalue weighted by atomic mass is 19.1. The predicted molar refractivity (Wildman–Crippen MR) is 125 cm³/mol. The molecule has 34 heavy (non-hydrogen) atoms. The van der Waals surface area contributed by atoms with E-state index in [2.05, 4.69) is 20.4 Å². The smallest absolute Gasteiger partial charge is 0.306 e. The molecule has 0 spiro atoms. The number of amides is 1. The number of carbonyl (C=O) groups is 1. The normalized spacial score (nSPS) is 13.9. The summed E-state index contributed by atoms with van der Waals surface area (Å²) in [4.78, 5) is 44.4. The van der Waals surface area contributed by atoms with Crippen molar-refractivity contribution >= 4 is 22.8 Å². The van der Waals surface area contributed by atoms with Crippen LogP contribution in [-0.4, -0.2) is 30.2 Å². The molecule has 0 atom stereocenters. The Kier molecular flexibility index (Phi) is 4.96. The van der Waals surface area contributed by atoms with Gasteiger partial charge in [0, 0.05) is 23.7 Å². The van der Waals surface area contributed by atoms with E-state index in [1.807, 2.05) is 20.8 Å². The molecule has 174 valence electrons. The van der Waals surface area contributed by atoms with Crippen LogP contribution in [0.5, 0.6) is 0 Å². The molecule has 3 aromatic heterocycles. The van der Waals surface area contributed by atoms with Crippen molar-refractivity contribution in [1.29, 1.82) is 0 Å². The summed E-state index contributed by atoms with van der Waals surface area (Å²) >= 11 is 0. The van der Waals surface area contributed by atoms with Gasteiger partial charge in [-0.3, -0.25) is 19.1 Å². The lowest BCUT2D eigenvalue weighted by Gasteiger charge is -2.14. The Hall–Kier alpha value is -4.08. The van der Waals surface area contributed by atoms with Crippen LogP contribution in [0.15, 0.2) is 52.2 Å². The number of anilines is 1. The Morgan fingerprint density at radius 2 is 1.85 bits per heavy atom. The minimum atomic E-state index is -0.592. The second-order valence-electron chi connectivity index (χ2n) is 9.46. The fourth-order valence-corrected chi connectivity index (χ4v) is 3.74. The van der Waals surface area contributed by atoms with E-state index in [1.54, 1.807) is 18.2 Å². The van der Waals surface area contributed by atoms with E-state index in [0.29, 0.717) is 11.5 Å². The van der Waals surface area contributed by atoms with Gasteiger partial charge in [-0.05, 0) is 43.2 Å². The first-order valence-electron chi connectivity index (χ1n) is 10.9. The van der Waals surface area contributed by atoms with E-state index in [9.17, 15) is 18.8 Å². The summed E-state index contributed by atoms with van der Waals surface area (Å²) in [5.41, 5.74) is 0.340. The number of aromatic nitrogens is 5. The lowest BCUT2D eigenvalue weighted by atomic mass is 9.92. The molecular formula is C24H23FN6O3. The van der Waals surface area contributed by atoms with Crippen molar-refractivity contribution in [2.45, 2.75) is 45.1 Å². The van der Waals surface area contributed by atoms with Crippen LogP contribution >= 0.6 is 0 Å². The fourth-order valence-electron chi connectivity index (χ4n) is 3.74. The van der Waals surface area contributed by atoms with E-state index in [4.69, 9.17) is 0 Å². The Labute approximate surface area is 193 Å². The molecule has 3 heterocycles. The zero-order valence-corrected chi connectivity index (χ0v) is 18.9. The lowest BCUT2D eigenvalue weighted by molar-refractivity contribution is 0.102. The molecule has 9 nitrogen and oxygen atoms in total. The van der Waals surface area contributed by atoms with Crippen molar-refractivity contribution < 1.29 is 9.18 Å². The van der Waals surface area contributed by atoms with Crippen LogP contribution in [0, 0.1) is 5.82 Å². The average Bonchev–Trinajstić information content (AvgIpc) is 3.52. The number of nitrogens with zero attached hydrogens (tertiary/aromatic N) is 4. The van der Waals surface area contributed by atoms with E-state index in [1.165, 1.54) is 33.6 Å². The third kappa shape index (κ3) is 3.91. The van der Waals surface area contributed by atoms with Gasteiger partial charge in [0.15, 0.2) is 0 Å². The quantitative estimate of drug-likeness (QED) is 0.483. The van der Waals surface area contributed by atoms with Gasteiger partial charge in [0.05, 0.1) is 22.3 Å². The molecule has 1 aromatic carbocycles. The summed E-state index contributed by atoms with van der Waals surface area (Å²) in [6, 6.07) is 8.97. The highest BCUT2D eigenvalue weighted by Crippen LogP contribution is 2.34. The number of hydrogen-bond acceptors (Lipinski definition) is 5. The van der Waals surface area contributed by atoms with Crippen LogP contribution in [0.25, 0.3) is 16.7 Å². The lowest BCUT2D eigenvalue weighted by Crippen LogP contribution is -2.30. The summed E-state index contributed by atoms with van der Waals surface area (Å²) < 4.78 is 16.4. The molecule has 1 aliphatic rings. The number of aromatic amines is 1. The van der Waals surface area contributed by atoms with Gasteiger partial charge in [-0.15, -0.1) is 0 Å². The number of pyridine rings is 1. The minimum Gasteiger partial charge on any atom is -0.306 e. The molecule has 0 aliphatic heterocycles. The topological polar surface area (TPSA) is 115 Å². The second kappa shape index (κ2) is 7.75. The molecular weight excluding hydrogens is 439 g/mol. The molecule has 1 fully saturated rings. The Balaban J connectivity index is 1.54. The average molecular weight is 462 g/mol. The van der Waals surface area contributed by atoms with Gasteiger partial charge in [0.1, 0.15) is 17.3 Å². The maximum atomic E-state index is 13.4. The first-order chi connectivity index (χ1) is 16.1. The Bertz CT molecular complexity index is 1540. The first kappa shape index (κ1) is 21.7.